The molecule has 1 unspecified atom stereocenters. The van der Waals surface area contributed by atoms with E-state index in [1.807, 2.05) is 13.8 Å². The van der Waals surface area contributed by atoms with Gasteiger partial charge in [-0.05, 0) is 20.3 Å². The Bertz CT molecular complexity index is 179. The van der Waals surface area contributed by atoms with Crippen LogP contribution in [0.25, 0.3) is 0 Å². The molecule has 0 bridgehead atoms. The second-order valence-corrected chi connectivity index (χ2v) is 3.56. The SMILES string of the molecule is CC1(C)CC(O)CN1C(=O)O. The summed E-state index contributed by atoms with van der Waals surface area (Å²) in [6, 6.07) is 0. The van der Waals surface area contributed by atoms with Gasteiger partial charge in [0.05, 0.1) is 12.6 Å². The molecule has 0 aromatic carbocycles. The molecule has 1 saturated heterocycles. The van der Waals surface area contributed by atoms with Gasteiger partial charge < -0.3 is 15.1 Å². The van der Waals surface area contributed by atoms with Crippen molar-refractivity contribution in [3.8, 4) is 0 Å². The number of aliphatic hydroxyl groups is 1. The summed E-state index contributed by atoms with van der Waals surface area (Å²) in [6.07, 6.45) is -0.924. The lowest BCUT2D eigenvalue weighted by molar-refractivity contribution is 0.114. The molecule has 1 aliphatic rings. The number of carboxylic acid groups (broad SMARTS) is 1. The average molecular weight is 159 g/mol. The first kappa shape index (κ1) is 8.33. The fraction of sp³-hybridized carbons (Fsp3) is 0.857. The van der Waals surface area contributed by atoms with Crippen molar-refractivity contribution >= 4 is 6.09 Å². The Labute approximate surface area is 65.4 Å². The molecule has 0 spiro atoms. The lowest BCUT2D eigenvalue weighted by atomic mass is 10.0. The Balaban J connectivity index is 2.74. The fourth-order valence-electron chi connectivity index (χ4n) is 1.55. The van der Waals surface area contributed by atoms with Crippen molar-refractivity contribution in [3.05, 3.63) is 0 Å². The molecule has 0 saturated carbocycles. The smallest absolute Gasteiger partial charge is 0.407 e. The highest BCUT2D eigenvalue weighted by Crippen LogP contribution is 2.28. The van der Waals surface area contributed by atoms with Gasteiger partial charge >= 0.3 is 6.09 Å². The summed E-state index contributed by atoms with van der Waals surface area (Å²) in [5, 5.41) is 17.9. The molecule has 1 rings (SSSR count). The number of β-amino-alcohol motifs (C(OH)–C–C–N with tert-alkyl or cyclic N) is 1. The summed E-state index contributed by atoms with van der Waals surface area (Å²) in [5.74, 6) is 0. The van der Waals surface area contributed by atoms with Gasteiger partial charge in [-0.2, -0.15) is 0 Å². The molecule has 64 valence electrons. The molecule has 0 aliphatic carbocycles. The zero-order valence-corrected chi connectivity index (χ0v) is 6.74. The van der Waals surface area contributed by atoms with E-state index in [0.717, 1.165) is 0 Å². The Morgan fingerprint density at radius 2 is 2.18 bits per heavy atom. The molecular weight excluding hydrogens is 146 g/mol. The van der Waals surface area contributed by atoms with Crippen LogP contribution in [0.5, 0.6) is 0 Å². The lowest BCUT2D eigenvalue weighted by Crippen LogP contribution is -2.41. The monoisotopic (exact) mass is 159 g/mol. The minimum Gasteiger partial charge on any atom is -0.465 e. The van der Waals surface area contributed by atoms with Crippen LogP contribution < -0.4 is 0 Å². The Morgan fingerprint density at radius 3 is 2.36 bits per heavy atom. The number of hydrogen-bond donors (Lipinski definition) is 2. The van der Waals surface area contributed by atoms with Crippen LogP contribution in [0.1, 0.15) is 20.3 Å². The molecule has 1 amide bonds. The number of likely N-dealkylation sites (tertiary alicyclic amines) is 1. The highest BCUT2D eigenvalue weighted by molar-refractivity contribution is 5.66. The summed E-state index contributed by atoms with van der Waals surface area (Å²) in [6.45, 7) is 3.87. The van der Waals surface area contributed by atoms with Crippen LogP contribution in [0.3, 0.4) is 0 Å². The number of nitrogens with zero attached hydrogens (tertiary/aromatic N) is 1. The minimum atomic E-state index is -0.952. The van der Waals surface area contributed by atoms with E-state index < -0.39 is 17.7 Å². The molecule has 1 heterocycles. The predicted octanol–water partition coefficient (Wildman–Crippen LogP) is 0.510. The van der Waals surface area contributed by atoms with Crippen molar-refractivity contribution in [1.82, 2.24) is 4.90 Å². The number of carbonyl (C=O) groups is 1. The van der Waals surface area contributed by atoms with Crippen LogP contribution in [-0.4, -0.2) is 39.4 Å². The summed E-state index contributed by atoms with van der Waals surface area (Å²) in [4.78, 5) is 11.9. The molecule has 0 radical (unpaired) electrons. The second kappa shape index (κ2) is 2.37. The normalized spacial score (nSPS) is 29.0. The molecule has 2 N–H and O–H groups in total. The van der Waals surface area contributed by atoms with Gasteiger partial charge in [0.15, 0.2) is 0 Å². The molecule has 1 aliphatic heterocycles. The Kier molecular flexibility index (Phi) is 1.80. The average Bonchev–Trinajstić information content (AvgIpc) is 2.04. The lowest BCUT2D eigenvalue weighted by Gasteiger charge is -2.27. The summed E-state index contributed by atoms with van der Waals surface area (Å²) in [7, 11) is 0. The second-order valence-electron chi connectivity index (χ2n) is 3.56. The molecule has 1 atom stereocenters. The quantitative estimate of drug-likeness (QED) is 0.541. The number of rotatable bonds is 0. The Hall–Kier alpha value is -0.770. The van der Waals surface area contributed by atoms with Gasteiger partial charge in [-0.15, -0.1) is 0 Å². The van der Waals surface area contributed by atoms with Gasteiger partial charge in [-0.25, -0.2) is 4.79 Å². The third kappa shape index (κ3) is 1.45. The maximum atomic E-state index is 10.6. The first-order valence-electron chi connectivity index (χ1n) is 3.62. The van der Waals surface area contributed by atoms with Crippen LogP contribution in [-0.2, 0) is 0 Å². The van der Waals surface area contributed by atoms with E-state index in [4.69, 9.17) is 5.11 Å². The zero-order valence-electron chi connectivity index (χ0n) is 6.74. The molecule has 4 heteroatoms. The van der Waals surface area contributed by atoms with E-state index in [1.54, 1.807) is 0 Å². The first-order chi connectivity index (χ1) is 4.93. The fourth-order valence-corrected chi connectivity index (χ4v) is 1.55. The predicted molar refractivity (Wildman–Crippen MR) is 39.4 cm³/mol. The Morgan fingerprint density at radius 1 is 1.64 bits per heavy atom. The van der Waals surface area contributed by atoms with Gasteiger partial charge in [0, 0.05) is 5.54 Å². The molecule has 1 fully saturated rings. The van der Waals surface area contributed by atoms with Crippen molar-refractivity contribution in [2.24, 2.45) is 0 Å². The highest BCUT2D eigenvalue weighted by Gasteiger charge is 2.40. The molecule has 11 heavy (non-hydrogen) atoms. The summed E-state index contributed by atoms with van der Waals surface area (Å²) >= 11 is 0. The summed E-state index contributed by atoms with van der Waals surface area (Å²) in [5.41, 5.74) is -0.411. The first-order valence-corrected chi connectivity index (χ1v) is 3.62. The van der Waals surface area contributed by atoms with E-state index in [-0.39, 0.29) is 6.54 Å². The minimum absolute atomic E-state index is 0.238. The standard InChI is InChI=1S/C7H13NO3/c1-7(2)3-5(9)4-8(7)6(10)11/h5,9H,3-4H2,1-2H3,(H,10,11). The molecule has 0 aromatic rings. The number of aliphatic hydroxyl groups excluding tert-OH is 1. The largest absolute Gasteiger partial charge is 0.465 e. The van der Waals surface area contributed by atoms with E-state index in [0.29, 0.717) is 6.42 Å². The molecule has 4 nitrogen and oxygen atoms in total. The van der Waals surface area contributed by atoms with Crippen LogP contribution in [0.2, 0.25) is 0 Å². The van der Waals surface area contributed by atoms with Crippen molar-refractivity contribution in [2.45, 2.75) is 31.9 Å². The number of amides is 1. The van der Waals surface area contributed by atoms with Gasteiger partial charge in [-0.3, -0.25) is 0 Å². The van der Waals surface area contributed by atoms with E-state index in [9.17, 15) is 9.90 Å². The van der Waals surface area contributed by atoms with Crippen LogP contribution in [0.4, 0.5) is 4.79 Å². The zero-order chi connectivity index (χ0) is 8.65. The maximum absolute atomic E-state index is 10.6. The van der Waals surface area contributed by atoms with E-state index >= 15 is 0 Å². The molecular formula is C7H13NO3. The van der Waals surface area contributed by atoms with Crippen LogP contribution >= 0.6 is 0 Å². The van der Waals surface area contributed by atoms with E-state index in [1.165, 1.54) is 4.90 Å². The summed E-state index contributed by atoms with van der Waals surface area (Å²) < 4.78 is 0. The highest BCUT2D eigenvalue weighted by atomic mass is 16.4. The third-order valence-electron chi connectivity index (χ3n) is 2.09. The van der Waals surface area contributed by atoms with Crippen molar-refractivity contribution in [2.75, 3.05) is 6.54 Å². The van der Waals surface area contributed by atoms with Gasteiger partial charge in [0.2, 0.25) is 0 Å². The van der Waals surface area contributed by atoms with Crippen molar-refractivity contribution in [1.29, 1.82) is 0 Å². The van der Waals surface area contributed by atoms with Crippen LogP contribution in [0.15, 0.2) is 0 Å². The van der Waals surface area contributed by atoms with Crippen LogP contribution in [0, 0.1) is 0 Å². The maximum Gasteiger partial charge on any atom is 0.407 e. The van der Waals surface area contributed by atoms with Gasteiger partial charge in [-0.1, -0.05) is 0 Å². The van der Waals surface area contributed by atoms with Gasteiger partial charge in [0.1, 0.15) is 0 Å². The van der Waals surface area contributed by atoms with Gasteiger partial charge in [0.25, 0.3) is 0 Å². The van der Waals surface area contributed by atoms with E-state index in [2.05, 4.69) is 0 Å². The third-order valence-corrected chi connectivity index (χ3v) is 2.09. The molecule has 0 aromatic heterocycles. The number of hydrogen-bond acceptors (Lipinski definition) is 2. The van der Waals surface area contributed by atoms with Crippen molar-refractivity contribution in [3.63, 3.8) is 0 Å². The van der Waals surface area contributed by atoms with Crippen molar-refractivity contribution < 1.29 is 15.0 Å². The topological polar surface area (TPSA) is 60.8 Å².